The third kappa shape index (κ3) is 2.74. The molecule has 0 aromatic heterocycles. The summed E-state index contributed by atoms with van der Waals surface area (Å²) in [5.41, 5.74) is 1.96. The number of aliphatic hydroxyl groups excluding tert-OH is 3. The highest BCUT2D eigenvalue weighted by Gasteiger charge is 2.39. The van der Waals surface area contributed by atoms with Gasteiger partial charge in [0.15, 0.2) is 0 Å². The minimum atomic E-state index is -1.34. The molecule has 1 aromatic rings. The third-order valence-corrected chi connectivity index (χ3v) is 3.70. The Kier molecular flexibility index (Phi) is 3.92. The van der Waals surface area contributed by atoms with E-state index in [0.717, 1.165) is 11.1 Å². The van der Waals surface area contributed by atoms with Gasteiger partial charge in [0.2, 0.25) is 6.29 Å². The number of allylic oxidation sites excluding steroid dienone is 2. The molecule has 0 spiro atoms. The predicted molar refractivity (Wildman–Crippen MR) is 78.2 cm³/mol. The number of hydrogen-bond acceptors (Lipinski definition) is 6. The molecule has 0 bridgehead atoms. The number of fused-ring (bicyclic) bond motifs is 1. The Morgan fingerprint density at radius 3 is 2.77 bits per heavy atom. The number of aliphatic hydroxyl groups is 3. The van der Waals surface area contributed by atoms with Gasteiger partial charge in [-0.25, -0.2) is 0 Å². The van der Waals surface area contributed by atoms with Crippen LogP contribution < -0.4 is 9.47 Å². The maximum absolute atomic E-state index is 9.88. The van der Waals surface area contributed by atoms with Crippen molar-refractivity contribution in [1.82, 2.24) is 0 Å². The summed E-state index contributed by atoms with van der Waals surface area (Å²) in [4.78, 5) is 0. The fraction of sp³-hybridized carbons (Fsp3) is 0.375. The van der Waals surface area contributed by atoms with Gasteiger partial charge in [-0.2, -0.15) is 0 Å². The third-order valence-electron chi connectivity index (χ3n) is 3.70. The molecule has 22 heavy (non-hydrogen) atoms. The largest absolute Gasteiger partial charge is 0.462 e. The average Bonchev–Trinajstić information content (AvgIpc) is 2.47. The van der Waals surface area contributed by atoms with Gasteiger partial charge >= 0.3 is 0 Å². The van der Waals surface area contributed by atoms with E-state index < -0.39 is 24.6 Å². The highest BCUT2D eigenvalue weighted by Crippen LogP contribution is 2.36. The van der Waals surface area contributed by atoms with Crippen LogP contribution in [0.5, 0.6) is 11.5 Å². The summed E-state index contributed by atoms with van der Waals surface area (Å²) in [7, 11) is 0. The first-order valence-electron chi connectivity index (χ1n) is 6.97. The number of rotatable bonds is 2. The second-order valence-corrected chi connectivity index (χ2v) is 5.42. The number of hydrogen-bond donors (Lipinski definition) is 3. The maximum Gasteiger partial charge on any atom is 0.228 e. The van der Waals surface area contributed by atoms with Crippen molar-refractivity contribution < 1.29 is 29.5 Å². The SMILES string of the molecule is C=C1C=C(C)c2ccc(O[C@@H]3OC[C@@H](O)[C@H](O)C3O)cc2O1. The zero-order valence-corrected chi connectivity index (χ0v) is 12.1. The van der Waals surface area contributed by atoms with E-state index in [4.69, 9.17) is 14.2 Å². The van der Waals surface area contributed by atoms with E-state index in [1.165, 1.54) is 0 Å². The molecule has 1 unspecified atom stereocenters. The minimum Gasteiger partial charge on any atom is -0.462 e. The molecule has 118 valence electrons. The molecule has 6 heteroatoms. The van der Waals surface area contributed by atoms with E-state index in [1.54, 1.807) is 12.1 Å². The van der Waals surface area contributed by atoms with E-state index >= 15 is 0 Å². The van der Waals surface area contributed by atoms with Crippen molar-refractivity contribution in [2.45, 2.75) is 31.5 Å². The summed E-state index contributed by atoms with van der Waals surface area (Å²) in [6.07, 6.45) is -2.98. The topological polar surface area (TPSA) is 88.4 Å². The molecular weight excluding hydrogens is 288 g/mol. The molecule has 6 nitrogen and oxygen atoms in total. The van der Waals surface area contributed by atoms with Gasteiger partial charge in [0.1, 0.15) is 35.6 Å². The second-order valence-electron chi connectivity index (χ2n) is 5.42. The first-order valence-corrected chi connectivity index (χ1v) is 6.97. The van der Waals surface area contributed by atoms with Gasteiger partial charge < -0.3 is 29.5 Å². The predicted octanol–water partition coefficient (Wildman–Crippen LogP) is 0.814. The Hall–Kier alpha value is -1.86. The molecule has 0 radical (unpaired) electrons. The van der Waals surface area contributed by atoms with Crippen LogP contribution in [0.1, 0.15) is 12.5 Å². The van der Waals surface area contributed by atoms with Crippen LogP contribution >= 0.6 is 0 Å². The summed E-state index contributed by atoms with van der Waals surface area (Å²) < 4.78 is 16.3. The molecule has 1 fully saturated rings. The van der Waals surface area contributed by atoms with Crippen LogP contribution in [0.15, 0.2) is 36.6 Å². The first-order chi connectivity index (χ1) is 10.5. The van der Waals surface area contributed by atoms with E-state index in [-0.39, 0.29) is 6.61 Å². The highest BCUT2D eigenvalue weighted by atomic mass is 16.7. The molecule has 0 aliphatic carbocycles. The lowest BCUT2D eigenvalue weighted by molar-refractivity contribution is -0.242. The molecule has 0 saturated carbocycles. The van der Waals surface area contributed by atoms with E-state index in [9.17, 15) is 15.3 Å². The van der Waals surface area contributed by atoms with Crippen LogP contribution in [0.2, 0.25) is 0 Å². The van der Waals surface area contributed by atoms with Crippen molar-refractivity contribution in [3.63, 3.8) is 0 Å². The van der Waals surface area contributed by atoms with Crippen LogP contribution in [0.25, 0.3) is 5.57 Å². The molecule has 3 rings (SSSR count). The fourth-order valence-corrected chi connectivity index (χ4v) is 2.49. The lowest BCUT2D eigenvalue weighted by Crippen LogP contribution is -2.54. The highest BCUT2D eigenvalue weighted by molar-refractivity contribution is 5.74. The monoisotopic (exact) mass is 306 g/mol. The lowest BCUT2D eigenvalue weighted by Gasteiger charge is -2.35. The lowest BCUT2D eigenvalue weighted by atomic mass is 10.0. The van der Waals surface area contributed by atoms with E-state index in [1.807, 2.05) is 19.1 Å². The molecule has 4 atom stereocenters. The smallest absolute Gasteiger partial charge is 0.228 e. The summed E-state index contributed by atoms with van der Waals surface area (Å²) >= 11 is 0. The van der Waals surface area contributed by atoms with Gasteiger partial charge in [0.05, 0.1) is 6.61 Å². The van der Waals surface area contributed by atoms with Crippen LogP contribution in [0.3, 0.4) is 0 Å². The molecule has 1 aromatic carbocycles. The van der Waals surface area contributed by atoms with Gasteiger partial charge in [-0.3, -0.25) is 0 Å². The van der Waals surface area contributed by atoms with Crippen LogP contribution in [-0.4, -0.2) is 46.5 Å². The summed E-state index contributed by atoms with van der Waals surface area (Å²) in [6, 6.07) is 5.23. The van der Waals surface area contributed by atoms with Crippen molar-refractivity contribution in [1.29, 1.82) is 0 Å². The van der Waals surface area contributed by atoms with Crippen LogP contribution in [-0.2, 0) is 4.74 Å². The van der Waals surface area contributed by atoms with E-state index in [0.29, 0.717) is 17.3 Å². The summed E-state index contributed by atoms with van der Waals surface area (Å²) in [6.45, 7) is 5.62. The molecule has 1 saturated heterocycles. The Morgan fingerprint density at radius 2 is 2.00 bits per heavy atom. The zero-order valence-electron chi connectivity index (χ0n) is 12.1. The fourth-order valence-electron chi connectivity index (χ4n) is 2.49. The van der Waals surface area contributed by atoms with Gasteiger partial charge in [-0.1, -0.05) is 6.58 Å². The standard InChI is InChI=1S/C16H18O6/c1-8-5-9(2)21-13-6-10(3-4-11(8)13)22-16-15(19)14(18)12(17)7-20-16/h3-6,12,14-19H,2,7H2,1H3/t12-,14+,15?,16+/m1/s1. The molecule has 2 aliphatic heterocycles. The van der Waals surface area contributed by atoms with Gasteiger partial charge in [-0.15, -0.1) is 0 Å². The Balaban J connectivity index is 1.78. The minimum absolute atomic E-state index is 0.108. The van der Waals surface area contributed by atoms with Gasteiger partial charge in [0.25, 0.3) is 0 Å². The van der Waals surface area contributed by atoms with Crippen LogP contribution in [0.4, 0.5) is 0 Å². The number of benzene rings is 1. The molecule has 2 heterocycles. The molecular formula is C16H18O6. The number of ether oxygens (including phenoxy) is 3. The van der Waals surface area contributed by atoms with Crippen molar-refractivity contribution in [3.8, 4) is 11.5 Å². The first kappa shape index (κ1) is 15.1. The van der Waals surface area contributed by atoms with Crippen molar-refractivity contribution in [2.24, 2.45) is 0 Å². The Bertz CT molecular complexity index is 623. The van der Waals surface area contributed by atoms with Gasteiger partial charge in [-0.05, 0) is 30.7 Å². The maximum atomic E-state index is 9.88. The van der Waals surface area contributed by atoms with E-state index in [2.05, 4.69) is 6.58 Å². The quantitative estimate of drug-likeness (QED) is 0.749. The molecule has 2 aliphatic rings. The van der Waals surface area contributed by atoms with Crippen molar-refractivity contribution in [2.75, 3.05) is 6.61 Å². The second kappa shape index (κ2) is 5.73. The average molecular weight is 306 g/mol. The van der Waals surface area contributed by atoms with Gasteiger partial charge in [0, 0.05) is 11.6 Å². The molecule has 0 amide bonds. The summed E-state index contributed by atoms with van der Waals surface area (Å²) in [5.74, 6) is 1.57. The van der Waals surface area contributed by atoms with Crippen molar-refractivity contribution >= 4 is 5.57 Å². The zero-order chi connectivity index (χ0) is 15.9. The Morgan fingerprint density at radius 1 is 1.23 bits per heavy atom. The Labute approximate surface area is 127 Å². The normalized spacial score (nSPS) is 31.1. The summed E-state index contributed by atoms with van der Waals surface area (Å²) in [5, 5.41) is 29.0. The van der Waals surface area contributed by atoms with Crippen molar-refractivity contribution in [3.05, 3.63) is 42.2 Å². The van der Waals surface area contributed by atoms with Crippen LogP contribution in [0, 0.1) is 0 Å². The molecule has 3 N–H and O–H groups in total.